The number of halogens is 1. The van der Waals surface area contributed by atoms with Crippen LogP contribution in [0.25, 0.3) is 0 Å². The molecule has 0 saturated heterocycles. The maximum absolute atomic E-state index is 9.24. The normalized spacial score (nSPS) is 11.6. The number of rotatable bonds is 5. The van der Waals surface area contributed by atoms with Gasteiger partial charge in [-0.2, -0.15) is 0 Å². The molecule has 0 unspecified atom stereocenters. The van der Waals surface area contributed by atoms with Crippen molar-refractivity contribution < 1.29 is 10.2 Å². The summed E-state index contributed by atoms with van der Waals surface area (Å²) in [4.78, 5) is 0. The fourth-order valence-corrected chi connectivity index (χ4v) is 2.34. The van der Waals surface area contributed by atoms with Crippen molar-refractivity contribution in [2.45, 2.75) is 20.8 Å². The molecule has 3 N–H and O–H groups in total. The molecule has 0 saturated carbocycles. The van der Waals surface area contributed by atoms with Gasteiger partial charge >= 0.3 is 0 Å². The topological polar surface area (TPSA) is 52.5 Å². The highest BCUT2D eigenvalue weighted by Gasteiger charge is 2.22. The minimum Gasteiger partial charge on any atom is -0.396 e. The lowest BCUT2D eigenvalue weighted by atomic mass is 9.92. The Kier molecular flexibility index (Phi) is 4.98. The van der Waals surface area contributed by atoms with Crippen LogP contribution in [0.3, 0.4) is 0 Å². The Morgan fingerprint density at radius 3 is 2.06 bits per heavy atom. The second-order valence-electron chi connectivity index (χ2n) is 4.90. The average molecular weight is 302 g/mol. The van der Waals surface area contributed by atoms with Crippen LogP contribution >= 0.6 is 15.9 Å². The zero-order chi connectivity index (χ0) is 13.1. The van der Waals surface area contributed by atoms with E-state index >= 15 is 0 Å². The van der Waals surface area contributed by atoms with Gasteiger partial charge in [0.2, 0.25) is 0 Å². The first kappa shape index (κ1) is 14.5. The molecule has 0 radical (unpaired) electrons. The molecule has 96 valence electrons. The van der Waals surface area contributed by atoms with Crippen molar-refractivity contribution in [2.24, 2.45) is 5.41 Å². The molecule has 17 heavy (non-hydrogen) atoms. The number of nitrogens with one attached hydrogen (secondary N) is 1. The second-order valence-corrected chi connectivity index (χ2v) is 5.81. The highest BCUT2D eigenvalue weighted by atomic mass is 79.9. The fourth-order valence-electron chi connectivity index (χ4n) is 1.65. The molecule has 0 fully saturated rings. The molecule has 0 aliphatic rings. The number of hydrogen-bond acceptors (Lipinski definition) is 3. The van der Waals surface area contributed by atoms with Gasteiger partial charge in [-0.3, -0.25) is 0 Å². The minimum atomic E-state index is -0.494. The van der Waals surface area contributed by atoms with Crippen molar-refractivity contribution in [3.05, 3.63) is 27.7 Å². The van der Waals surface area contributed by atoms with Crippen molar-refractivity contribution in [2.75, 3.05) is 25.1 Å². The molecule has 0 heterocycles. The van der Waals surface area contributed by atoms with Gasteiger partial charge in [-0.1, -0.05) is 22.9 Å². The monoisotopic (exact) mass is 301 g/mol. The van der Waals surface area contributed by atoms with Crippen LogP contribution in [0.5, 0.6) is 0 Å². The molecule has 0 aromatic heterocycles. The summed E-state index contributed by atoms with van der Waals surface area (Å²) < 4.78 is 1.06. The Balaban J connectivity index is 2.83. The van der Waals surface area contributed by atoms with E-state index in [4.69, 9.17) is 0 Å². The highest BCUT2D eigenvalue weighted by molar-refractivity contribution is 9.10. The molecule has 0 amide bonds. The summed E-state index contributed by atoms with van der Waals surface area (Å²) in [7, 11) is 0. The fraction of sp³-hybridized carbons (Fsp3) is 0.538. The second kappa shape index (κ2) is 5.85. The summed E-state index contributed by atoms with van der Waals surface area (Å²) in [5.41, 5.74) is 2.87. The van der Waals surface area contributed by atoms with Crippen molar-refractivity contribution >= 4 is 21.6 Å². The van der Waals surface area contributed by atoms with Crippen LogP contribution in [0.1, 0.15) is 18.1 Å². The number of anilines is 1. The van der Waals surface area contributed by atoms with Gasteiger partial charge in [0.05, 0.1) is 13.2 Å². The van der Waals surface area contributed by atoms with Gasteiger partial charge in [-0.05, 0) is 37.1 Å². The molecule has 3 nitrogen and oxygen atoms in total. The lowest BCUT2D eigenvalue weighted by Crippen LogP contribution is -2.34. The van der Waals surface area contributed by atoms with Gasteiger partial charge in [0.25, 0.3) is 0 Å². The third kappa shape index (κ3) is 3.69. The predicted molar refractivity (Wildman–Crippen MR) is 74.4 cm³/mol. The van der Waals surface area contributed by atoms with Crippen molar-refractivity contribution in [3.8, 4) is 0 Å². The predicted octanol–water partition coefficient (Wildman–Crippen LogP) is 2.47. The largest absolute Gasteiger partial charge is 0.396 e. The Hall–Kier alpha value is -0.580. The van der Waals surface area contributed by atoms with Gasteiger partial charge in [-0.15, -0.1) is 0 Å². The van der Waals surface area contributed by atoms with Gasteiger partial charge in [-0.25, -0.2) is 0 Å². The Morgan fingerprint density at radius 2 is 1.65 bits per heavy atom. The van der Waals surface area contributed by atoms with Crippen LogP contribution in [0.2, 0.25) is 0 Å². The van der Waals surface area contributed by atoms with Gasteiger partial charge in [0, 0.05) is 22.1 Å². The van der Waals surface area contributed by atoms with Crippen molar-refractivity contribution in [1.82, 2.24) is 0 Å². The molecule has 0 aliphatic carbocycles. The lowest BCUT2D eigenvalue weighted by Gasteiger charge is -2.26. The third-order valence-electron chi connectivity index (χ3n) is 2.95. The molecule has 0 aliphatic heterocycles. The maximum Gasteiger partial charge on any atom is 0.0523 e. The van der Waals surface area contributed by atoms with E-state index in [0.717, 1.165) is 21.3 Å². The standard InChI is InChI=1S/C13H20BrNO2/c1-9-4-11(14)5-10(2)12(9)15-6-13(3,7-16)8-17/h4-5,15-17H,6-8H2,1-3H3. The molecule has 4 heteroatoms. The third-order valence-corrected chi connectivity index (χ3v) is 3.41. The summed E-state index contributed by atoms with van der Waals surface area (Å²) in [6.07, 6.45) is 0. The van der Waals surface area contributed by atoms with Crippen LogP contribution in [0, 0.1) is 19.3 Å². The summed E-state index contributed by atoms with van der Waals surface area (Å²) in [5.74, 6) is 0. The van der Waals surface area contributed by atoms with E-state index in [2.05, 4.69) is 21.2 Å². The lowest BCUT2D eigenvalue weighted by molar-refractivity contribution is 0.0806. The summed E-state index contributed by atoms with van der Waals surface area (Å²) in [6, 6.07) is 4.09. The number of benzene rings is 1. The zero-order valence-electron chi connectivity index (χ0n) is 10.5. The first-order chi connectivity index (χ1) is 7.91. The molecule has 0 spiro atoms. The first-order valence-corrected chi connectivity index (χ1v) is 6.43. The number of aliphatic hydroxyl groups excluding tert-OH is 2. The maximum atomic E-state index is 9.24. The summed E-state index contributed by atoms with van der Waals surface area (Å²) in [6.45, 7) is 6.40. The van der Waals surface area contributed by atoms with E-state index in [1.165, 1.54) is 0 Å². The molecular weight excluding hydrogens is 282 g/mol. The smallest absolute Gasteiger partial charge is 0.0523 e. The first-order valence-electron chi connectivity index (χ1n) is 5.64. The van der Waals surface area contributed by atoms with E-state index < -0.39 is 5.41 Å². The summed E-state index contributed by atoms with van der Waals surface area (Å²) >= 11 is 3.46. The van der Waals surface area contributed by atoms with Crippen LogP contribution in [-0.4, -0.2) is 30.0 Å². The Labute approximate surface area is 111 Å². The van der Waals surface area contributed by atoms with Crippen LogP contribution in [0.4, 0.5) is 5.69 Å². The molecule has 1 aromatic carbocycles. The molecule has 1 rings (SSSR count). The van der Waals surface area contributed by atoms with Gasteiger partial charge in [0.1, 0.15) is 0 Å². The zero-order valence-corrected chi connectivity index (χ0v) is 12.1. The van der Waals surface area contributed by atoms with E-state index in [1.54, 1.807) is 0 Å². The van der Waals surface area contributed by atoms with Gasteiger partial charge in [0.15, 0.2) is 0 Å². The number of hydrogen-bond donors (Lipinski definition) is 3. The Bertz CT molecular complexity index is 366. The number of aryl methyl sites for hydroxylation is 2. The summed E-state index contributed by atoms with van der Waals surface area (Å²) in [5, 5.41) is 21.8. The molecule has 0 atom stereocenters. The minimum absolute atomic E-state index is 0.0366. The van der Waals surface area contributed by atoms with Crippen LogP contribution in [-0.2, 0) is 0 Å². The van der Waals surface area contributed by atoms with Crippen LogP contribution in [0.15, 0.2) is 16.6 Å². The molecular formula is C13H20BrNO2. The number of aliphatic hydroxyl groups is 2. The quantitative estimate of drug-likeness (QED) is 0.783. The van der Waals surface area contributed by atoms with Gasteiger partial charge < -0.3 is 15.5 Å². The van der Waals surface area contributed by atoms with E-state index in [9.17, 15) is 10.2 Å². The molecule has 0 bridgehead atoms. The average Bonchev–Trinajstić information content (AvgIpc) is 2.27. The van der Waals surface area contributed by atoms with E-state index in [0.29, 0.717) is 6.54 Å². The van der Waals surface area contributed by atoms with Crippen molar-refractivity contribution in [1.29, 1.82) is 0 Å². The van der Waals surface area contributed by atoms with Crippen molar-refractivity contribution in [3.63, 3.8) is 0 Å². The van der Waals surface area contributed by atoms with E-state index in [-0.39, 0.29) is 13.2 Å². The van der Waals surface area contributed by atoms with E-state index in [1.807, 2.05) is 32.9 Å². The Morgan fingerprint density at radius 1 is 1.18 bits per heavy atom. The van der Waals surface area contributed by atoms with Crippen LogP contribution < -0.4 is 5.32 Å². The SMILES string of the molecule is Cc1cc(Br)cc(C)c1NCC(C)(CO)CO. The molecule has 1 aromatic rings. The highest BCUT2D eigenvalue weighted by Crippen LogP contribution is 2.26.